The third-order valence-electron chi connectivity index (χ3n) is 6.59. The van der Waals surface area contributed by atoms with Crippen LogP contribution in [0, 0.1) is 13.8 Å². The Hall–Kier alpha value is -4.47. The van der Waals surface area contributed by atoms with Crippen molar-refractivity contribution in [1.82, 2.24) is 4.98 Å². The molecule has 0 saturated carbocycles. The Morgan fingerprint density at radius 3 is 2.46 bits per heavy atom. The van der Waals surface area contributed by atoms with Gasteiger partial charge < -0.3 is 14.6 Å². The molecular formula is C31H25ClN2O6S. The molecule has 0 aliphatic carbocycles. The molecule has 5 rings (SSSR count). The van der Waals surface area contributed by atoms with Crippen LogP contribution in [-0.4, -0.2) is 34.9 Å². The smallest absolute Gasteiger partial charge is 0.350 e. The second-order valence-corrected chi connectivity index (χ2v) is 10.8. The average Bonchev–Trinajstić information content (AvgIpc) is 3.47. The number of aliphatic hydroxyl groups excluding tert-OH is 1. The van der Waals surface area contributed by atoms with Gasteiger partial charge in [0.1, 0.15) is 23.0 Å². The van der Waals surface area contributed by atoms with Crippen LogP contribution in [0.2, 0.25) is 5.02 Å². The van der Waals surface area contributed by atoms with Gasteiger partial charge in [0.15, 0.2) is 5.13 Å². The number of aromatic nitrogens is 1. The topological polar surface area (TPSA) is 106 Å². The van der Waals surface area contributed by atoms with Gasteiger partial charge in [0.05, 0.1) is 24.4 Å². The van der Waals surface area contributed by atoms with Crippen LogP contribution in [0.3, 0.4) is 0 Å². The quantitative estimate of drug-likeness (QED) is 0.115. The number of methoxy groups -OCH3 is 1. The standard InChI is InChI=1S/C31H25ClN2O6S/c1-17-6-4-7-19(14-17)16-40-23-12-10-20(11-13-23)26(35)24-25(21-8-5-9-22(32)15-21)34(29(37)27(24)36)31-33-18(2)28(41-31)30(38)39-3/h4-15,25,35H,16H2,1-3H3. The van der Waals surface area contributed by atoms with Crippen LogP contribution in [0.25, 0.3) is 5.76 Å². The van der Waals surface area contributed by atoms with Gasteiger partial charge in [-0.1, -0.05) is 64.9 Å². The first kappa shape index (κ1) is 28.1. The number of nitrogens with zero attached hydrogens (tertiary/aromatic N) is 2. The van der Waals surface area contributed by atoms with Gasteiger partial charge in [0.25, 0.3) is 5.78 Å². The van der Waals surface area contributed by atoms with Crippen molar-refractivity contribution in [2.45, 2.75) is 26.5 Å². The molecule has 1 N–H and O–H groups in total. The third kappa shape index (κ3) is 5.59. The summed E-state index contributed by atoms with van der Waals surface area (Å²) < 4.78 is 10.7. The van der Waals surface area contributed by atoms with E-state index in [2.05, 4.69) is 4.98 Å². The summed E-state index contributed by atoms with van der Waals surface area (Å²) in [6.45, 7) is 3.99. The summed E-state index contributed by atoms with van der Waals surface area (Å²) >= 11 is 7.20. The van der Waals surface area contributed by atoms with Crippen molar-refractivity contribution in [2.75, 3.05) is 12.0 Å². The predicted molar refractivity (Wildman–Crippen MR) is 156 cm³/mol. The number of aliphatic hydroxyl groups is 1. The number of carbonyl (C=O) groups excluding carboxylic acids is 3. The number of anilines is 1. The Labute approximate surface area is 245 Å². The highest BCUT2D eigenvalue weighted by Crippen LogP contribution is 2.44. The fourth-order valence-electron chi connectivity index (χ4n) is 4.62. The Morgan fingerprint density at radius 1 is 1.05 bits per heavy atom. The Kier molecular flexibility index (Phi) is 7.92. The maximum Gasteiger partial charge on any atom is 0.350 e. The Bertz CT molecular complexity index is 1690. The van der Waals surface area contributed by atoms with Crippen molar-refractivity contribution in [2.24, 2.45) is 0 Å². The predicted octanol–water partition coefficient (Wildman–Crippen LogP) is 6.41. The molecule has 1 saturated heterocycles. The lowest BCUT2D eigenvalue weighted by molar-refractivity contribution is -0.132. The number of benzene rings is 3. The number of aryl methyl sites for hydroxylation is 2. The van der Waals surface area contributed by atoms with E-state index in [0.717, 1.165) is 22.5 Å². The molecule has 1 aliphatic rings. The summed E-state index contributed by atoms with van der Waals surface area (Å²) in [7, 11) is 1.25. The van der Waals surface area contributed by atoms with Crippen LogP contribution in [0.4, 0.5) is 5.13 Å². The van der Waals surface area contributed by atoms with Gasteiger partial charge in [0, 0.05) is 10.6 Å². The minimum Gasteiger partial charge on any atom is -0.507 e. The molecule has 1 fully saturated rings. The molecule has 1 aliphatic heterocycles. The van der Waals surface area contributed by atoms with E-state index in [1.807, 2.05) is 31.2 Å². The molecule has 1 atom stereocenters. The second-order valence-electron chi connectivity index (χ2n) is 9.43. The number of hydrogen-bond donors (Lipinski definition) is 1. The summed E-state index contributed by atoms with van der Waals surface area (Å²) in [4.78, 5) is 44.8. The molecule has 3 aromatic carbocycles. The maximum absolute atomic E-state index is 13.4. The molecule has 208 valence electrons. The zero-order valence-electron chi connectivity index (χ0n) is 22.4. The van der Waals surface area contributed by atoms with Crippen LogP contribution in [-0.2, 0) is 20.9 Å². The van der Waals surface area contributed by atoms with E-state index in [4.69, 9.17) is 21.1 Å². The van der Waals surface area contributed by atoms with E-state index >= 15 is 0 Å². The minimum atomic E-state index is -1.04. The normalized spacial score (nSPS) is 16.2. The van der Waals surface area contributed by atoms with Gasteiger partial charge >= 0.3 is 11.9 Å². The van der Waals surface area contributed by atoms with Crippen LogP contribution < -0.4 is 9.64 Å². The molecule has 10 heteroatoms. The van der Waals surface area contributed by atoms with Crippen molar-refractivity contribution in [3.8, 4) is 5.75 Å². The van der Waals surface area contributed by atoms with Gasteiger partial charge in [-0.25, -0.2) is 9.78 Å². The largest absolute Gasteiger partial charge is 0.507 e. The van der Waals surface area contributed by atoms with Crippen LogP contribution in [0.15, 0.2) is 78.4 Å². The summed E-state index contributed by atoms with van der Waals surface area (Å²) in [5, 5.41) is 11.9. The fourth-order valence-corrected chi connectivity index (χ4v) is 5.83. The number of ketones is 1. The number of rotatable bonds is 7. The zero-order valence-corrected chi connectivity index (χ0v) is 24.0. The summed E-state index contributed by atoms with van der Waals surface area (Å²) in [6.07, 6.45) is 0. The van der Waals surface area contributed by atoms with E-state index in [0.29, 0.717) is 34.2 Å². The summed E-state index contributed by atoms with van der Waals surface area (Å²) in [5.41, 5.74) is 3.19. The number of hydrogen-bond acceptors (Lipinski definition) is 8. The van der Waals surface area contributed by atoms with Crippen LogP contribution in [0.1, 0.15) is 43.7 Å². The van der Waals surface area contributed by atoms with Crippen molar-refractivity contribution in [1.29, 1.82) is 0 Å². The first-order chi connectivity index (χ1) is 19.7. The fraction of sp³-hybridized carbons (Fsp3) is 0.161. The van der Waals surface area contributed by atoms with Crippen molar-refractivity contribution in [3.05, 3.63) is 116 Å². The van der Waals surface area contributed by atoms with Crippen molar-refractivity contribution in [3.63, 3.8) is 0 Å². The van der Waals surface area contributed by atoms with E-state index in [-0.39, 0.29) is 21.3 Å². The molecule has 8 nitrogen and oxygen atoms in total. The highest BCUT2D eigenvalue weighted by atomic mass is 35.5. The molecule has 4 aromatic rings. The molecule has 0 spiro atoms. The van der Waals surface area contributed by atoms with Gasteiger partial charge in [-0.3, -0.25) is 14.5 Å². The average molecular weight is 589 g/mol. The lowest BCUT2D eigenvalue weighted by Gasteiger charge is -2.23. The maximum atomic E-state index is 13.4. The van der Waals surface area contributed by atoms with Crippen molar-refractivity contribution >= 4 is 51.5 Å². The molecule has 0 radical (unpaired) electrons. The Morgan fingerprint density at radius 2 is 1.78 bits per heavy atom. The number of esters is 1. The molecule has 1 aromatic heterocycles. The second kappa shape index (κ2) is 11.6. The number of carbonyl (C=O) groups is 3. The van der Waals surface area contributed by atoms with Gasteiger partial charge in [0.2, 0.25) is 0 Å². The number of thiazole rings is 1. The first-order valence-electron chi connectivity index (χ1n) is 12.6. The number of Topliss-reactive ketones (excluding diaryl/α,β-unsaturated/α-hetero) is 1. The SMILES string of the molecule is COC(=O)c1sc(N2C(=O)C(=O)C(=C(O)c3ccc(OCc4cccc(C)c4)cc3)C2c2cccc(Cl)c2)nc1C. The first-order valence-corrected chi connectivity index (χ1v) is 13.8. The van der Waals surface area contributed by atoms with Crippen molar-refractivity contribution < 1.29 is 29.0 Å². The summed E-state index contributed by atoms with van der Waals surface area (Å²) in [5.74, 6) is -2.17. The lowest BCUT2D eigenvalue weighted by atomic mass is 9.95. The number of halogens is 1. The van der Waals surface area contributed by atoms with Crippen LogP contribution in [0.5, 0.6) is 5.75 Å². The minimum absolute atomic E-state index is 0.119. The molecule has 1 unspecified atom stereocenters. The number of amides is 1. The lowest BCUT2D eigenvalue weighted by Crippen LogP contribution is -2.29. The Balaban J connectivity index is 1.53. The van der Waals surface area contributed by atoms with Gasteiger partial charge in [-0.2, -0.15) is 0 Å². The van der Waals surface area contributed by atoms with Crippen LogP contribution >= 0.6 is 22.9 Å². The van der Waals surface area contributed by atoms with Gasteiger partial charge in [-0.05, 0) is 61.4 Å². The van der Waals surface area contributed by atoms with E-state index in [1.165, 1.54) is 12.0 Å². The molecule has 2 heterocycles. The number of ether oxygens (including phenoxy) is 2. The zero-order chi connectivity index (χ0) is 29.3. The van der Waals surface area contributed by atoms with E-state index in [1.54, 1.807) is 55.5 Å². The van der Waals surface area contributed by atoms with E-state index < -0.39 is 23.7 Å². The highest BCUT2D eigenvalue weighted by molar-refractivity contribution is 7.17. The summed E-state index contributed by atoms with van der Waals surface area (Å²) in [6, 6.07) is 20.2. The molecule has 0 bridgehead atoms. The molecule has 1 amide bonds. The molecular weight excluding hydrogens is 564 g/mol. The van der Waals surface area contributed by atoms with E-state index in [9.17, 15) is 19.5 Å². The highest BCUT2D eigenvalue weighted by Gasteiger charge is 2.48. The molecule has 41 heavy (non-hydrogen) atoms. The monoisotopic (exact) mass is 588 g/mol. The van der Waals surface area contributed by atoms with Gasteiger partial charge in [-0.15, -0.1) is 0 Å². The third-order valence-corrected chi connectivity index (χ3v) is 7.96.